The molecular weight excluding hydrogens is 222 g/mol. The SMILES string of the molecule is CCOc1ccc(NC(=O)/C=C\C(=O)O)cc1. The lowest BCUT2D eigenvalue weighted by atomic mass is 10.3. The van der Waals surface area contributed by atoms with Gasteiger partial charge in [-0.1, -0.05) is 0 Å². The van der Waals surface area contributed by atoms with Crippen molar-refractivity contribution < 1.29 is 19.4 Å². The van der Waals surface area contributed by atoms with Gasteiger partial charge in [0, 0.05) is 17.8 Å². The summed E-state index contributed by atoms with van der Waals surface area (Å²) < 4.78 is 5.24. The van der Waals surface area contributed by atoms with Crippen molar-refractivity contribution in [3.05, 3.63) is 36.4 Å². The second-order valence-corrected chi connectivity index (χ2v) is 3.12. The molecule has 5 heteroatoms. The Morgan fingerprint density at radius 3 is 2.47 bits per heavy atom. The predicted octanol–water partition coefficient (Wildman–Crippen LogP) is 1.66. The van der Waals surface area contributed by atoms with E-state index in [-0.39, 0.29) is 0 Å². The van der Waals surface area contributed by atoms with E-state index < -0.39 is 11.9 Å². The molecule has 2 N–H and O–H groups in total. The third-order valence-electron chi connectivity index (χ3n) is 1.81. The van der Waals surface area contributed by atoms with Gasteiger partial charge >= 0.3 is 5.97 Å². The summed E-state index contributed by atoms with van der Waals surface area (Å²) in [6.07, 6.45) is 1.74. The third-order valence-corrected chi connectivity index (χ3v) is 1.81. The van der Waals surface area contributed by atoms with E-state index in [1.807, 2.05) is 6.92 Å². The second kappa shape index (κ2) is 6.32. The number of aliphatic carboxylic acids is 1. The molecule has 0 aliphatic rings. The zero-order valence-corrected chi connectivity index (χ0v) is 9.34. The van der Waals surface area contributed by atoms with E-state index in [1.165, 1.54) is 0 Å². The molecule has 0 aromatic heterocycles. The van der Waals surface area contributed by atoms with Gasteiger partial charge in [0.15, 0.2) is 0 Å². The van der Waals surface area contributed by atoms with E-state index in [0.717, 1.165) is 12.2 Å². The Balaban J connectivity index is 2.57. The van der Waals surface area contributed by atoms with Crippen molar-refractivity contribution in [2.24, 2.45) is 0 Å². The van der Waals surface area contributed by atoms with Crippen molar-refractivity contribution in [3.8, 4) is 5.75 Å². The third kappa shape index (κ3) is 4.83. The van der Waals surface area contributed by atoms with Crippen molar-refractivity contribution >= 4 is 17.6 Å². The maximum atomic E-state index is 11.2. The van der Waals surface area contributed by atoms with Crippen LogP contribution in [0.4, 0.5) is 5.69 Å². The first-order valence-corrected chi connectivity index (χ1v) is 5.06. The molecule has 1 amide bonds. The van der Waals surface area contributed by atoms with Crippen LogP contribution < -0.4 is 10.1 Å². The number of hydrogen-bond acceptors (Lipinski definition) is 3. The molecule has 0 aliphatic carbocycles. The predicted molar refractivity (Wildman–Crippen MR) is 63.0 cm³/mol. The monoisotopic (exact) mass is 235 g/mol. The molecule has 17 heavy (non-hydrogen) atoms. The number of carbonyl (C=O) groups excluding carboxylic acids is 1. The van der Waals surface area contributed by atoms with Gasteiger partial charge in [-0.3, -0.25) is 4.79 Å². The Kier molecular flexibility index (Phi) is 4.75. The van der Waals surface area contributed by atoms with Crippen LogP contribution in [-0.4, -0.2) is 23.6 Å². The lowest BCUT2D eigenvalue weighted by Gasteiger charge is -2.05. The van der Waals surface area contributed by atoms with Gasteiger partial charge in [-0.2, -0.15) is 0 Å². The van der Waals surface area contributed by atoms with Crippen molar-refractivity contribution in [3.63, 3.8) is 0 Å². The Morgan fingerprint density at radius 2 is 1.94 bits per heavy atom. The van der Waals surface area contributed by atoms with Crippen LogP contribution in [0, 0.1) is 0 Å². The minimum absolute atomic E-state index is 0.489. The molecule has 0 saturated heterocycles. The summed E-state index contributed by atoms with van der Waals surface area (Å²) in [4.78, 5) is 21.4. The molecular formula is C12H13NO4. The molecule has 5 nitrogen and oxygen atoms in total. The summed E-state index contributed by atoms with van der Waals surface area (Å²) in [6, 6.07) is 6.80. The summed E-state index contributed by atoms with van der Waals surface area (Å²) in [5.74, 6) is -0.935. The Morgan fingerprint density at radius 1 is 1.29 bits per heavy atom. The van der Waals surface area contributed by atoms with Crippen molar-refractivity contribution in [2.75, 3.05) is 11.9 Å². The van der Waals surface area contributed by atoms with Gasteiger partial charge < -0.3 is 15.2 Å². The van der Waals surface area contributed by atoms with Crippen LogP contribution >= 0.6 is 0 Å². The van der Waals surface area contributed by atoms with Gasteiger partial charge in [-0.15, -0.1) is 0 Å². The fourth-order valence-electron chi connectivity index (χ4n) is 1.13. The van der Waals surface area contributed by atoms with Crippen molar-refractivity contribution in [1.29, 1.82) is 0 Å². The fraction of sp³-hybridized carbons (Fsp3) is 0.167. The zero-order chi connectivity index (χ0) is 12.7. The molecule has 0 fully saturated rings. The smallest absolute Gasteiger partial charge is 0.328 e. The Labute approximate surface area is 98.7 Å². The summed E-state index contributed by atoms with van der Waals surface area (Å²) in [7, 11) is 0. The largest absolute Gasteiger partial charge is 0.494 e. The molecule has 0 saturated carbocycles. The standard InChI is InChI=1S/C12H13NO4/c1-2-17-10-5-3-9(4-6-10)13-11(14)7-8-12(15)16/h3-8H,2H2,1H3,(H,13,14)(H,15,16)/b8-7-. The van der Waals surface area contributed by atoms with Crippen LogP contribution in [0.1, 0.15) is 6.92 Å². The van der Waals surface area contributed by atoms with E-state index in [4.69, 9.17) is 9.84 Å². The number of hydrogen-bond donors (Lipinski definition) is 2. The summed E-state index contributed by atoms with van der Waals surface area (Å²) >= 11 is 0. The maximum Gasteiger partial charge on any atom is 0.328 e. The minimum atomic E-state index is -1.16. The highest BCUT2D eigenvalue weighted by Crippen LogP contribution is 2.15. The zero-order valence-electron chi connectivity index (χ0n) is 9.34. The Bertz CT molecular complexity index is 423. The van der Waals surface area contributed by atoms with E-state index in [1.54, 1.807) is 24.3 Å². The molecule has 0 spiro atoms. The van der Waals surface area contributed by atoms with Gasteiger partial charge in [-0.25, -0.2) is 4.79 Å². The highest BCUT2D eigenvalue weighted by atomic mass is 16.5. The highest BCUT2D eigenvalue weighted by Gasteiger charge is 1.99. The normalized spacial score (nSPS) is 10.2. The number of amides is 1. The molecule has 0 radical (unpaired) electrons. The topological polar surface area (TPSA) is 75.6 Å². The lowest BCUT2D eigenvalue weighted by Crippen LogP contribution is -2.08. The van der Waals surface area contributed by atoms with E-state index >= 15 is 0 Å². The molecule has 0 unspecified atom stereocenters. The average Bonchev–Trinajstić information content (AvgIpc) is 2.29. The van der Waals surface area contributed by atoms with E-state index in [2.05, 4.69) is 5.32 Å². The Hall–Kier alpha value is -2.30. The molecule has 1 aromatic rings. The van der Waals surface area contributed by atoms with Crippen LogP contribution in [0.2, 0.25) is 0 Å². The molecule has 90 valence electrons. The first-order chi connectivity index (χ1) is 8.11. The molecule has 1 rings (SSSR count). The highest BCUT2D eigenvalue weighted by molar-refractivity contribution is 6.02. The maximum absolute atomic E-state index is 11.2. The summed E-state index contributed by atoms with van der Waals surface area (Å²) in [5, 5.41) is 10.9. The second-order valence-electron chi connectivity index (χ2n) is 3.12. The quantitative estimate of drug-likeness (QED) is 0.761. The molecule has 0 bridgehead atoms. The first-order valence-electron chi connectivity index (χ1n) is 5.06. The van der Waals surface area contributed by atoms with E-state index in [9.17, 15) is 9.59 Å². The van der Waals surface area contributed by atoms with Gasteiger partial charge in [0.25, 0.3) is 0 Å². The molecule has 1 aromatic carbocycles. The molecule has 0 atom stereocenters. The van der Waals surface area contributed by atoms with Crippen LogP contribution in [0.3, 0.4) is 0 Å². The average molecular weight is 235 g/mol. The first kappa shape index (κ1) is 12.8. The van der Waals surface area contributed by atoms with Crippen LogP contribution in [-0.2, 0) is 9.59 Å². The number of carbonyl (C=O) groups is 2. The number of carboxylic acid groups (broad SMARTS) is 1. The number of anilines is 1. The van der Waals surface area contributed by atoms with Crippen molar-refractivity contribution in [1.82, 2.24) is 0 Å². The minimum Gasteiger partial charge on any atom is -0.494 e. The number of carboxylic acids is 1. The molecule has 0 aliphatic heterocycles. The number of ether oxygens (including phenoxy) is 1. The van der Waals surface area contributed by atoms with Crippen LogP contribution in [0.5, 0.6) is 5.75 Å². The van der Waals surface area contributed by atoms with Crippen LogP contribution in [0.15, 0.2) is 36.4 Å². The number of nitrogens with one attached hydrogen (secondary N) is 1. The lowest BCUT2D eigenvalue weighted by molar-refractivity contribution is -0.131. The van der Waals surface area contributed by atoms with E-state index in [0.29, 0.717) is 18.0 Å². The van der Waals surface area contributed by atoms with Crippen LogP contribution in [0.25, 0.3) is 0 Å². The van der Waals surface area contributed by atoms with Gasteiger partial charge in [0.2, 0.25) is 5.91 Å². The van der Waals surface area contributed by atoms with Gasteiger partial charge in [0.05, 0.1) is 6.61 Å². The fourth-order valence-corrected chi connectivity index (χ4v) is 1.13. The molecule has 0 heterocycles. The van der Waals surface area contributed by atoms with Gasteiger partial charge in [-0.05, 0) is 31.2 Å². The van der Waals surface area contributed by atoms with Crippen molar-refractivity contribution in [2.45, 2.75) is 6.92 Å². The van der Waals surface area contributed by atoms with Gasteiger partial charge in [0.1, 0.15) is 5.75 Å². The summed E-state index contributed by atoms with van der Waals surface area (Å²) in [6.45, 7) is 2.46. The summed E-state index contributed by atoms with van der Waals surface area (Å²) in [5.41, 5.74) is 0.577. The number of benzene rings is 1. The number of rotatable bonds is 5.